The third kappa shape index (κ3) is 4.92. The molecule has 1 aromatic heterocycles. The van der Waals surface area contributed by atoms with Crippen LogP contribution in [0.4, 0.5) is 0 Å². The fraction of sp³-hybridized carbons (Fsp3) is 0.727. The summed E-state index contributed by atoms with van der Waals surface area (Å²) in [6.07, 6.45) is 5.04. The molecule has 1 aliphatic carbocycles. The highest BCUT2D eigenvalue weighted by Gasteiger charge is 2.46. The highest BCUT2D eigenvalue weighted by molar-refractivity contribution is 6.01. The van der Waals surface area contributed by atoms with Crippen molar-refractivity contribution in [1.82, 2.24) is 30.2 Å². The maximum absolute atomic E-state index is 13.0. The average Bonchev–Trinajstić information content (AvgIpc) is 3.42. The van der Waals surface area contributed by atoms with Crippen molar-refractivity contribution in [2.45, 2.75) is 71.0 Å². The van der Waals surface area contributed by atoms with Crippen LogP contribution >= 0.6 is 0 Å². The van der Waals surface area contributed by atoms with E-state index in [1.165, 1.54) is 15.6 Å². The number of carbonyl (C=O) groups excluding carboxylic acids is 3. The smallest absolute Gasteiger partial charge is 0.272 e. The van der Waals surface area contributed by atoms with E-state index in [1.54, 1.807) is 14.0 Å². The Morgan fingerprint density at radius 3 is 2.58 bits per heavy atom. The molecule has 3 rings (SSSR count). The molecule has 172 valence electrons. The van der Waals surface area contributed by atoms with Gasteiger partial charge in [0.15, 0.2) is 5.69 Å². The molecule has 1 aliphatic heterocycles. The van der Waals surface area contributed by atoms with Crippen molar-refractivity contribution in [2.75, 3.05) is 33.2 Å². The van der Waals surface area contributed by atoms with E-state index in [4.69, 9.17) is 0 Å². The Labute approximate surface area is 184 Å². The van der Waals surface area contributed by atoms with E-state index in [2.05, 4.69) is 34.5 Å². The van der Waals surface area contributed by atoms with E-state index in [0.717, 1.165) is 51.7 Å². The summed E-state index contributed by atoms with van der Waals surface area (Å²) in [6.45, 7) is 9.66. The van der Waals surface area contributed by atoms with Crippen molar-refractivity contribution in [3.63, 3.8) is 0 Å². The van der Waals surface area contributed by atoms with E-state index < -0.39 is 5.54 Å². The molecule has 3 amide bonds. The maximum atomic E-state index is 13.0. The minimum atomic E-state index is -1.05. The van der Waals surface area contributed by atoms with Crippen LogP contribution in [0.1, 0.15) is 73.9 Å². The average molecular weight is 433 g/mol. The standard InChI is InChI=1S/C22H36N6O3/c1-5-27(6-2)13-9-12-23-19(29)17-14-18-20(30)26(4)22(3,15-28(18)25-17)21(31)24-16-10-7-8-11-16/h14,16H,5-13,15H2,1-4H3,(H,23,29)(H,24,31)/t22-/m0/s1. The number of carbonyl (C=O) groups is 3. The van der Waals surface area contributed by atoms with E-state index in [-0.39, 0.29) is 36.0 Å². The first kappa shape index (κ1) is 23.2. The van der Waals surface area contributed by atoms with Gasteiger partial charge in [-0.2, -0.15) is 5.10 Å². The predicted octanol–water partition coefficient (Wildman–Crippen LogP) is 1.25. The van der Waals surface area contributed by atoms with E-state index in [0.29, 0.717) is 12.2 Å². The zero-order valence-corrected chi connectivity index (χ0v) is 19.2. The lowest BCUT2D eigenvalue weighted by Gasteiger charge is -2.41. The largest absolute Gasteiger partial charge is 0.351 e. The van der Waals surface area contributed by atoms with E-state index >= 15 is 0 Å². The first-order valence-electron chi connectivity index (χ1n) is 11.5. The number of rotatable bonds is 9. The molecule has 0 spiro atoms. The zero-order valence-electron chi connectivity index (χ0n) is 19.2. The first-order chi connectivity index (χ1) is 14.8. The van der Waals surface area contributed by atoms with Gasteiger partial charge in [-0.3, -0.25) is 19.1 Å². The Bertz CT molecular complexity index is 812. The lowest BCUT2D eigenvalue weighted by atomic mass is 9.95. The number of amides is 3. The Balaban J connectivity index is 1.65. The van der Waals surface area contributed by atoms with E-state index in [9.17, 15) is 14.4 Å². The molecule has 0 aromatic carbocycles. The van der Waals surface area contributed by atoms with Crippen molar-refractivity contribution >= 4 is 17.7 Å². The number of nitrogens with one attached hydrogen (secondary N) is 2. The van der Waals surface area contributed by atoms with Gasteiger partial charge in [0.1, 0.15) is 11.2 Å². The van der Waals surface area contributed by atoms with Gasteiger partial charge in [0.2, 0.25) is 5.91 Å². The lowest BCUT2D eigenvalue weighted by molar-refractivity contribution is -0.133. The molecule has 2 N–H and O–H groups in total. The zero-order chi connectivity index (χ0) is 22.6. The second-order valence-electron chi connectivity index (χ2n) is 8.80. The normalized spacial score (nSPS) is 21.5. The molecule has 2 heterocycles. The van der Waals surface area contributed by atoms with Gasteiger partial charge >= 0.3 is 0 Å². The maximum Gasteiger partial charge on any atom is 0.272 e. The summed E-state index contributed by atoms with van der Waals surface area (Å²) in [7, 11) is 1.64. The Kier molecular flexibility index (Phi) is 7.35. The highest BCUT2D eigenvalue weighted by Crippen LogP contribution is 2.27. The molecule has 9 heteroatoms. The molecule has 9 nitrogen and oxygen atoms in total. The molecule has 1 atom stereocenters. The third-order valence-electron chi connectivity index (χ3n) is 6.74. The molecule has 0 radical (unpaired) electrons. The van der Waals surface area contributed by atoms with Crippen molar-refractivity contribution in [3.05, 3.63) is 17.5 Å². The molecular weight excluding hydrogens is 396 g/mol. The van der Waals surface area contributed by atoms with Crippen molar-refractivity contribution < 1.29 is 14.4 Å². The van der Waals surface area contributed by atoms with E-state index in [1.807, 2.05) is 0 Å². The second kappa shape index (κ2) is 9.80. The van der Waals surface area contributed by atoms with Gasteiger partial charge in [0.05, 0.1) is 6.54 Å². The Morgan fingerprint density at radius 1 is 1.26 bits per heavy atom. The van der Waals surface area contributed by atoms with Crippen LogP contribution in [0.2, 0.25) is 0 Å². The summed E-state index contributed by atoms with van der Waals surface area (Å²) >= 11 is 0. The summed E-state index contributed by atoms with van der Waals surface area (Å²) in [5, 5.41) is 10.3. The van der Waals surface area contributed by atoms with Crippen LogP contribution in [0.15, 0.2) is 6.07 Å². The van der Waals surface area contributed by atoms with Gasteiger partial charge in [-0.25, -0.2) is 0 Å². The summed E-state index contributed by atoms with van der Waals surface area (Å²) in [5.74, 6) is -0.767. The fourth-order valence-corrected chi connectivity index (χ4v) is 4.38. The Hall–Kier alpha value is -2.42. The van der Waals surface area contributed by atoms with Gasteiger partial charge in [-0.1, -0.05) is 26.7 Å². The van der Waals surface area contributed by atoms with Crippen LogP contribution in [-0.2, 0) is 11.3 Å². The number of aromatic nitrogens is 2. The van der Waals surface area contributed by atoms with Crippen LogP contribution in [0.3, 0.4) is 0 Å². The molecule has 31 heavy (non-hydrogen) atoms. The minimum absolute atomic E-state index is 0.168. The van der Waals surface area contributed by atoms with Crippen LogP contribution < -0.4 is 10.6 Å². The number of fused-ring (bicyclic) bond motifs is 1. The van der Waals surface area contributed by atoms with Gasteiger partial charge in [0, 0.05) is 25.7 Å². The van der Waals surface area contributed by atoms with Gasteiger partial charge < -0.3 is 20.4 Å². The number of hydrogen-bond donors (Lipinski definition) is 2. The third-order valence-corrected chi connectivity index (χ3v) is 6.74. The van der Waals surface area contributed by atoms with Crippen molar-refractivity contribution in [1.29, 1.82) is 0 Å². The van der Waals surface area contributed by atoms with Crippen molar-refractivity contribution in [2.24, 2.45) is 0 Å². The summed E-state index contributed by atoms with van der Waals surface area (Å²) in [5.41, 5.74) is -0.502. The van der Waals surface area contributed by atoms with Crippen molar-refractivity contribution in [3.8, 4) is 0 Å². The molecule has 0 bridgehead atoms. The lowest BCUT2D eigenvalue weighted by Crippen LogP contribution is -2.63. The molecule has 2 aliphatic rings. The molecule has 0 unspecified atom stereocenters. The SMILES string of the molecule is CCN(CC)CCCNC(=O)c1cc2n(n1)C[C@@](C)(C(=O)NC1CCCC1)N(C)C2=O. The second-order valence-corrected chi connectivity index (χ2v) is 8.80. The molecular formula is C22H36N6O3. The highest BCUT2D eigenvalue weighted by atomic mass is 16.2. The first-order valence-corrected chi connectivity index (χ1v) is 11.5. The molecule has 1 saturated carbocycles. The summed E-state index contributed by atoms with van der Waals surface area (Å²) in [4.78, 5) is 42.3. The molecule has 1 fully saturated rings. The van der Waals surface area contributed by atoms with Crippen LogP contribution in [0.25, 0.3) is 0 Å². The number of likely N-dealkylation sites (N-methyl/N-ethyl adjacent to an activating group) is 1. The summed E-state index contributed by atoms with van der Waals surface area (Å²) in [6, 6.07) is 1.69. The quantitative estimate of drug-likeness (QED) is 0.572. The number of hydrogen-bond acceptors (Lipinski definition) is 5. The van der Waals surface area contributed by atoms with Gasteiger partial charge in [-0.15, -0.1) is 0 Å². The summed E-state index contributed by atoms with van der Waals surface area (Å²) < 4.78 is 1.50. The number of nitrogens with zero attached hydrogens (tertiary/aromatic N) is 4. The fourth-order valence-electron chi connectivity index (χ4n) is 4.38. The molecule has 0 saturated heterocycles. The Morgan fingerprint density at radius 2 is 1.94 bits per heavy atom. The topological polar surface area (TPSA) is 99.6 Å². The monoisotopic (exact) mass is 432 g/mol. The van der Waals surface area contributed by atoms with Crippen LogP contribution in [-0.4, -0.2) is 82.1 Å². The van der Waals surface area contributed by atoms with Crippen LogP contribution in [0, 0.1) is 0 Å². The minimum Gasteiger partial charge on any atom is -0.351 e. The van der Waals surface area contributed by atoms with Crippen LogP contribution in [0.5, 0.6) is 0 Å². The van der Waals surface area contributed by atoms with Gasteiger partial charge in [-0.05, 0) is 45.8 Å². The predicted molar refractivity (Wildman–Crippen MR) is 118 cm³/mol. The van der Waals surface area contributed by atoms with Gasteiger partial charge in [0.25, 0.3) is 11.8 Å². The molecule has 1 aromatic rings.